The molecule has 1 unspecified atom stereocenters. The van der Waals surface area contributed by atoms with Gasteiger partial charge in [0.2, 0.25) is 0 Å². The molecule has 4 atom stereocenters. The third-order valence-corrected chi connectivity index (χ3v) is 3.68. The maximum absolute atomic E-state index is 6.05. The van der Waals surface area contributed by atoms with Crippen molar-refractivity contribution in [3.8, 4) is 0 Å². The predicted octanol–water partition coefficient (Wildman–Crippen LogP) is 2.63. The lowest BCUT2D eigenvalue weighted by molar-refractivity contribution is -0.239. The summed E-state index contributed by atoms with van der Waals surface area (Å²) in [7, 11) is 3.48. The molecule has 0 radical (unpaired) electrons. The smallest absolute Gasteiger partial charge is 0.112 e. The molecule has 1 saturated heterocycles. The lowest BCUT2D eigenvalue weighted by atomic mass is 9.77. The van der Waals surface area contributed by atoms with Crippen LogP contribution in [0, 0.1) is 5.41 Å². The van der Waals surface area contributed by atoms with Gasteiger partial charge in [0.25, 0.3) is 0 Å². The van der Waals surface area contributed by atoms with E-state index in [9.17, 15) is 0 Å². The quantitative estimate of drug-likeness (QED) is 0.730. The Hall–Kier alpha value is -0.120. The fourth-order valence-corrected chi connectivity index (χ4v) is 2.51. The van der Waals surface area contributed by atoms with Gasteiger partial charge in [-0.2, -0.15) is 0 Å². The molecule has 0 aromatic rings. The number of hydrogen-bond acceptors (Lipinski definition) is 3. The molecule has 0 amide bonds. The molecule has 0 N–H and O–H groups in total. The molecule has 1 rings (SSSR count). The van der Waals surface area contributed by atoms with Crippen molar-refractivity contribution in [3.63, 3.8) is 0 Å². The van der Waals surface area contributed by atoms with Crippen molar-refractivity contribution in [1.29, 1.82) is 0 Å². The molecule has 1 aliphatic heterocycles. The zero-order chi connectivity index (χ0) is 12.6. The molecular weight excluding hydrogens is 204 g/mol. The first-order chi connectivity index (χ1) is 7.24. The summed E-state index contributed by atoms with van der Waals surface area (Å²) in [6.45, 7) is 10.8. The summed E-state index contributed by atoms with van der Waals surface area (Å²) < 4.78 is 17.2. The first kappa shape index (κ1) is 13.9. The highest BCUT2D eigenvalue weighted by atomic mass is 16.6. The van der Waals surface area contributed by atoms with E-state index >= 15 is 0 Å². The van der Waals surface area contributed by atoms with E-state index < -0.39 is 0 Å². The summed E-state index contributed by atoms with van der Waals surface area (Å²) in [6.07, 6.45) is 1.14. The van der Waals surface area contributed by atoms with Crippen LogP contribution in [0.1, 0.15) is 41.0 Å². The van der Waals surface area contributed by atoms with Gasteiger partial charge in [-0.15, -0.1) is 0 Å². The van der Waals surface area contributed by atoms with E-state index in [1.165, 1.54) is 0 Å². The van der Waals surface area contributed by atoms with Gasteiger partial charge in [-0.1, -0.05) is 20.8 Å². The largest absolute Gasteiger partial charge is 0.376 e. The van der Waals surface area contributed by atoms with Crippen LogP contribution < -0.4 is 0 Å². The molecule has 3 heteroatoms. The Balaban J connectivity index is 2.89. The van der Waals surface area contributed by atoms with Gasteiger partial charge in [-0.3, -0.25) is 0 Å². The van der Waals surface area contributed by atoms with Crippen LogP contribution in [0.15, 0.2) is 0 Å². The van der Waals surface area contributed by atoms with Gasteiger partial charge in [0.05, 0.1) is 17.8 Å². The zero-order valence-corrected chi connectivity index (χ0v) is 11.7. The summed E-state index contributed by atoms with van der Waals surface area (Å²) >= 11 is 0. The highest BCUT2D eigenvalue weighted by Crippen LogP contribution is 2.39. The van der Waals surface area contributed by atoms with E-state index in [-0.39, 0.29) is 29.3 Å². The van der Waals surface area contributed by atoms with E-state index in [0.29, 0.717) is 0 Å². The maximum atomic E-state index is 6.05. The Kier molecular flexibility index (Phi) is 4.04. The van der Waals surface area contributed by atoms with E-state index in [1.807, 2.05) is 0 Å². The lowest BCUT2D eigenvalue weighted by Gasteiger charge is -2.49. The lowest BCUT2D eigenvalue weighted by Crippen LogP contribution is -2.58. The van der Waals surface area contributed by atoms with Gasteiger partial charge in [0.15, 0.2) is 0 Å². The molecular formula is C13H26O3. The number of methoxy groups -OCH3 is 2. The van der Waals surface area contributed by atoms with Gasteiger partial charge in [0.1, 0.15) is 6.10 Å². The summed E-state index contributed by atoms with van der Waals surface area (Å²) in [5, 5.41) is 0. The summed E-state index contributed by atoms with van der Waals surface area (Å²) in [4.78, 5) is 0. The van der Waals surface area contributed by atoms with Gasteiger partial charge in [0, 0.05) is 20.6 Å². The predicted molar refractivity (Wildman–Crippen MR) is 64.6 cm³/mol. The van der Waals surface area contributed by atoms with Gasteiger partial charge in [-0.25, -0.2) is 0 Å². The molecule has 0 saturated carbocycles. The average Bonchev–Trinajstić information content (AvgIpc) is 2.16. The monoisotopic (exact) mass is 230 g/mol. The van der Waals surface area contributed by atoms with Gasteiger partial charge in [-0.05, 0) is 19.3 Å². The van der Waals surface area contributed by atoms with E-state index in [0.717, 1.165) is 6.42 Å². The topological polar surface area (TPSA) is 27.7 Å². The van der Waals surface area contributed by atoms with Crippen LogP contribution in [0.3, 0.4) is 0 Å². The Morgan fingerprint density at radius 1 is 1.25 bits per heavy atom. The van der Waals surface area contributed by atoms with Crippen LogP contribution in [0.25, 0.3) is 0 Å². The van der Waals surface area contributed by atoms with Crippen molar-refractivity contribution in [2.45, 2.75) is 65.0 Å². The highest BCUT2D eigenvalue weighted by Gasteiger charge is 2.48. The van der Waals surface area contributed by atoms with Crippen LogP contribution in [-0.4, -0.2) is 38.1 Å². The van der Waals surface area contributed by atoms with Crippen molar-refractivity contribution < 1.29 is 14.2 Å². The fourth-order valence-electron chi connectivity index (χ4n) is 2.51. The standard InChI is InChI=1S/C13H26O3/c1-9-11(14-6)13(5,15-7)8-10(16-9)12(2,3)4/h9-11H,8H2,1-7H3/t9-,10?,11-,13+/m0/s1. The molecule has 1 aliphatic rings. The minimum Gasteiger partial charge on any atom is -0.376 e. The number of ether oxygens (including phenoxy) is 3. The van der Waals surface area contributed by atoms with Gasteiger partial charge < -0.3 is 14.2 Å². The first-order valence-corrected chi connectivity index (χ1v) is 5.98. The second-order valence-electron chi connectivity index (χ2n) is 6.07. The summed E-state index contributed by atoms with van der Waals surface area (Å²) in [6, 6.07) is 0. The van der Waals surface area contributed by atoms with E-state index in [1.54, 1.807) is 14.2 Å². The first-order valence-electron chi connectivity index (χ1n) is 5.98. The van der Waals surface area contributed by atoms with Crippen LogP contribution in [0.2, 0.25) is 0 Å². The highest BCUT2D eigenvalue weighted by molar-refractivity contribution is 4.98. The molecule has 0 spiro atoms. The molecule has 0 aromatic heterocycles. The maximum Gasteiger partial charge on any atom is 0.112 e. The van der Waals surface area contributed by atoms with Crippen molar-refractivity contribution in [1.82, 2.24) is 0 Å². The normalized spacial score (nSPS) is 41.1. The van der Waals surface area contributed by atoms with E-state index in [2.05, 4.69) is 34.6 Å². The molecule has 0 bridgehead atoms. The second-order valence-corrected chi connectivity index (χ2v) is 6.07. The average molecular weight is 230 g/mol. The van der Waals surface area contributed by atoms with Crippen LogP contribution in [0.5, 0.6) is 0 Å². The Labute approximate surface area is 99.5 Å². The van der Waals surface area contributed by atoms with Crippen LogP contribution in [-0.2, 0) is 14.2 Å². The Morgan fingerprint density at radius 2 is 1.81 bits per heavy atom. The second kappa shape index (κ2) is 4.63. The molecule has 96 valence electrons. The van der Waals surface area contributed by atoms with Crippen molar-refractivity contribution in [3.05, 3.63) is 0 Å². The molecule has 0 aromatic carbocycles. The van der Waals surface area contributed by atoms with Crippen molar-refractivity contribution >= 4 is 0 Å². The third kappa shape index (κ3) is 2.58. The fraction of sp³-hybridized carbons (Fsp3) is 1.00. The van der Waals surface area contributed by atoms with Crippen molar-refractivity contribution in [2.75, 3.05) is 14.2 Å². The minimum absolute atomic E-state index is 0.00361. The molecule has 1 heterocycles. The number of hydrogen-bond donors (Lipinski definition) is 0. The molecule has 0 aliphatic carbocycles. The van der Waals surface area contributed by atoms with Crippen LogP contribution >= 0.6 is 0 Å². The third-order valence-electron chi connectivity index (χ3n) is 3.68. The summed E-state index contributed by atoms with van der Waals surface area (Å²) in [5.74, 6) is 0. The Morgan fingerprint density at radius 3 is 2.19 bits per heavy atom. The van der Waals surface area contributed by atoms with Gasteiger partial charge >= 0.3 is 0 Å². The SMILES string of the molecule is CO[C@H]1[C@H](C)OC(C(C)(C)C)C[C@@]1(C)OC. The Bertz CT molecular complexity index is 234. The summed E-state index contributed by atoms with van der Waals surface area (Å²) in [5.41, 5.74) is -0.128. The number of rotatable bonds is 2. The van der Waals surface area contributed by atoms with Crippen molar-refractivity contribution in [2.24, 2.45) is 5.41 Å². The molecule has 3 nitrogen and oxygen atoms in total. The molecule has 16 heavy (non-hydrogen) atoms. The van der Waals surface area contributed by atoms with Crippen LogP contribution in [0.4, 0.5) is 0 Å². The van der Waals surface area contributed by atoms with E-state index in [4.69, 9.17) is 14.2 Å². The zero-order valence-electron chi connectivity index (χ0n) is 11.7. The minimum atomic E-state index is -0.260. The molecule has 1 fully saturated rings.